The van der Waals surface area contributed by atoms with Gasteiger partial charge in [-0.3, -0.25) is 14.9 Å². The number of carbonyl (C=O) groups excluding carboxylic acids is 1. The largest absolute Gasteiger partial charge is 0.486 e. The summed E-state index contributed by atoms with van der Waals surface area (Å²) in [5.74, 6) is 0.667. The topological polar surface area (TPSA) is 103 Å². The summed E-state index contributed by atoms with van der Waals surface area (Å²) < 4.78 is 17.1. The lowest BCUT2D eigenvalue weighted by molar-refractivity contribution is -0.384. The van der Waals surface area contributed by atoms with Crippen molar-refractivity contribution in [3.63, 3.8) is 0 Å². The molecule has 2 heterocycles. The molecule has 0 bridgehead atoms. The van der Waals surface area contributed by atoms with Crippen LogP contribution in [0.2, 0.25) is 0 Å². The molecule has 2 aromatic rings. The molecule has 4 rings (SSSR count). The maximum atomic E-state index is 13.1. The van der Waals surface area contributed by atoms with Gasteiger partial charge in [-0.05, 0) is 22.0 Å². The average Bonchev–Trinajstić information content (AvgIpc) is 2.74. The predicted octanol–water partition coefficient (Wildman–Crippen LogP) is 3.22. The van der Waals surface area contributed by atoms with Gasteiger partial charge < -0.3 is 24.4 Å². The summed E-state index contributed by atoms with van der Waals surface area (Å²) in [5.41, 5.74) is 1.19. The number of hydrogen-bond acceptors (Lipinski definition) is 7. The fraction of sp³-hybridized carbons (Fsp3) is 0.316. The minimum Gasteiger partial charge on any atom is -0.486 e. The molecule has 1 N–H and O–H groups in total. The zero-order chi connectivity index (χ0) is 20.4. The zero-order valence-electron chi connectivity index (χ0n) is 15.4. The van der Waals surface area contributed by atoms with Gasteiger partial charge in [-0.15, -0.1) is 0 Å². The number of ether oxygens (including phenoxy) is 3. The number of amides is 1. The van der Waals surface area contributed by atoms with Crippen molar-refractivity contribution in [2.24, 2.45) is 0 Å². The fourth-order valence-electron chi connectivity index (χ4n) is 3.25. The quantitative estimate of drug-likeness (QED) is 0.548. The Hall–Kier alpha value is -2.85. The van der Waals surface area contributed by atoms with Crippen LogP contribution in [0.4, 0.5) is 17.1 Å². The van der Waals surface area contributed by atoms with E-state index in [0.29, 0.717) is 66.9 Å². The number of benzene rings is 2. The highest BCUT2D eigenvalue weighted by molar-refractivity contribution is 9.10. The van der Waals surface area contributed by atoms with Crippen LogP contribution >= 0.6 is 15.9 Å². The number of carbonyl (C=O) groups is 1. The second kappa shape index (κ2) is 8.26. The first-order chi connectivity index (χ1) is 14.0. The SMILES string of the molecule is O=C(Nc1cc2c(cc1Br)OCCO2)c1cc([N+](=O)[O-])ccc1N1CCOCC1. The van der Waals surface area contributed by atoms with Crippen molar-refractivity contribution in [2.45, 2.75) is 0 Å². The Morgan fingerprint density at radius 1 is 1.07 bits per heavy atom. The van der Waals surface area contributed by atoms with Gasteiger partial charge in [0.15, 0.2) is 11.5 Å². The molecule has 0 spiro atoms. The van der Waals surface area contributed by atoms with Crippen LogP contribution in [0, 0.1) is 10.1 Å². The number of rotatable bonds is 4. The second-order valence-corrected chi connectivity index (χ2v) is 7.34. The number of nitro groups is 1. The summed E-state index contributed by atoms with van der Waals surface area (Å²) in [6, 6.07) is 7.70. The van der Waals surface area contributed by atoms with E-state index >= 15 is 0 Å². The molecule has 0 radical (unpaired) electrons. The molecule has 0 atom stereocenters. The molecule has 1 saturated heterocycles. The molecule has 9 nitrogen and oxygen atoms in total. The van der Waals surface area contributed by atoms with Crippen LogP contribution in [0.5, 0.6) is 11.5 Å². The van der Waals surface area contributed by atoms with Crippen molar-refractivity contribution in [1.29, 1.82) is 0 Å². The van der Waals surface area contributed by atoms with E-state index < -0.39 is 10.8 Å². The number of hydrogen-bond donors (Lipinski definition) is 1. The highest BCUT2D eigenvalue weighted by atomic mass is 79.9. The van der Waals surface area contributed by atoms with E-state index in [1.54, 1.807) is 18.2 Å². The van der Waals surface area contributed by atoms with Crippen molar-refractivity contribution >= 4 is 38.9 Å². The minimum absolute atomic E-state index is 0.145. The van der Waals surface area contributed by atoms with Crippen molar-refractivity contribution in [1.82, 2.24) is 0 Å². The predicted molar refractivity (Wildman–Crippen MR) is 109 cm³/mol. The lowest BCUT2D eigenvalue weighted by atomic mass is 10.1. The summed E-state index contributed by atoms with van der Waals surface area (Å²) in [6.45, 7) is 3.16. The standard InChI is InChI=1S/C19H18BrN3O6/c20-14-10-17-18(29-8-7-28-17)11-15(14)21-19(24)13-9-12(23(25)26)1-2-16(13)22-3-5-27-6-4-22/h1-2,9-11H,3-8H2,(H,21,24). The molecule has 1 fully saturated rings. The van der Waals surface area contributed by atoms with E-state index in [2.05, 4.69) is 21.2 Å². The molecule has 152 valence electrons. The van der Waals surface area contributed by atoms with E-state index in [1.807, 2.05) is 4.90 Å². The van der Waals surface area contributed by atoms with Gasteiger partial charge in [0.25, 0.3) is 11.6 Å². The summed E-state index contributed by atoms with van der Waals surface area (Å²) in [7, 11) is 0. The summed E-state index contributed by atoms with van der Waals surface area (Å²) in [5, 5.41) is 14.1. The maximum Gasteiger partial charge on any atom is 0.270 e. The Labute approximate surface area is 174 Å². The fourth-order valence-corrected chi connectivity index (χ4v) is 3.67. The van der Waals surface area contributed by atoms with Gasteiger partial charge in [0, 0.05) is 41.8 Å². The van der Waals surface area contributed by atoms with Gasteiger partial charge >= 0.3 is 0 Å². The Kier molecular flexibility index (Phi) is 5.54. The van der Waals surface area contributed by atoms with Gasteiger partial charge in [0.05, 0.1) is 35.1 Å². The normalized spacial score (nSPS) is 15.7. The molecular formula is C19H18BrN3O6. The second-order valence-electron chi connectivity index (χ2n) is 6.49. The minimum atomic E-state index is -0.514. The number of halogens is 1. The first-order valence-electron chi connectivity index (χ1n) is 9.04. The average molecular weight is 464 g/mol. The highest BCUT2D eigenvalue weighted by Crippen LogP contribution is 2.38. The van der Waals surface area contributed by atoms with Crippen LogP contribution in [-0.4, -0.2) is 50.3 Å². The third-order valence-electron chi connectivity index (χ3n) is 4.67. The van der Waals surface area contributed by atoms with E-state index in [9.17, 15) is 14.9 Å². The molecule has 0 aromatic heterocycles. The van der Waals surface area contributed by atoms with Crippen molar-refractivity contribution in [2.75, 3.05) is 49.7 Å². The van der Waals surface area contributed by atoms with E-state index in [-0.39, 0.29) is 11.3 Å². The van der Waals surface area contributed by atoms with Crippen molar-refractivity contribution in [3.05, 3.63) is 50.5 Å². The molecule has 0 aliphatic carbocycles. The number of nitrogens with one attached hydrogen (secondary N) is 1. The molecule has 0 unspecified atom stereocenters. The van der Waals surface area contributed by atoms with Crippen LogP contribution < -0.4 is 19.7 Å². The van der Waals surface area contributed by atoms with Gasteiger partial charge in [0.2, 0.25) is 0 Å². The number of fused-ring (bicyclic) bond motifs is 1. The summed E-state index contributed by atoms with van der Waals surface area (Å²) >= 11 is 3.42. The number of non-ortho nitro benzene ring substituents is 1. The maximum absolute atomic E-state index is 13.1. The molecule has 1 amide bonds. The smallest absolute Gasteiger partial charge is 0.270 e. The number of nitro benzene ring substituents is 1. The molecule has 29 heavy (non-hydrogen) atoms. The number of anilines is 2. The number of morpholine rings is 1. The van der Waals surface area contributed by atoms with Gasteiger partial charge in [-0.2, -0.15) is 0 Å². The van der Waals surface area contributed by atoms with Gasteiger partial charge in [0.1, 0.15) is 13.2 Å². The lowest BCUT2D eigenvalue weighted by Gasteiger charge is -2.30. The zero-order valence-corrected chi connectivity index (χ0v) is 16.9. The van der Waals surface area contributed by atoms with Crippen LogP contribution in [0.3, 0.4) is 0 Å². The molecular weight excluding hydrogens is 446 g/mol. The van der Waals surface area contributed by atoms with Gasteiger partial charge in [-0.25, -0.2) is 0 Å². The van der Waals surface area contributed by atoms with Crippen LogP contribution in [0.1, 0.15) is 10.4 Å². The third kappa shape index (κ3) is 4.13. The van der Waals surface area contributed by atoms with E-state index in [4.69, 9.17) is 14.2 Å². The lowest BCUT2D eigenvalue weighted by Crippen LogP contribution is -2.37. The number of nitrogens with zero attached hydrogens (tertiary/aromatic N) is 2. The van der Waals surface area contributed by atoms with E-state index in [0.717, 1.165) is 0 Å². The molecule has 2 aliphatic rings. The highest BCUT2D eigenvalue weighted by Gasteiger charge is 2.23. The molecule has 10 heteroatoms. The first-order valence-corrected chi connectivity index (χ1v) is 9.84. The Bertz CT molecular complexity index is 961. The van der Waals surface area contributed by atoms with E-state index in [1.165, 1.54) is 12.1 Å². The first kappa shape index (κ1) is 19.5. The Balaban J connectivity index is 1.67. The third-order valence-corrected chi connectivity index (χ3v) is 5.32. The Morgan fingerprint density at radius 2 is 1.76 bits per heavy atom. The van der Waals surface area contributed by atoms with Gasteiger partial charge in [-0.1, -0.05) is 0 Å². The summed E-state index contributed by atoms with van der Waals surface area (Å²) in [6.07, 6.45) is 0. The molecule has 0 saturated carbocycles. The van der Waals surface area contributed by atoms with Crippen LogP contribution in [0.25, 0.3) is 0 Å². The van der Waals surface area contributed by atoms with Crippen LogP contribution in [0.15, 0.2) is 34.8 Å². The Morgan fingerprint density at radius 3 is 2.45 bits per heavy atom. The molecule has 2 aliphatic heterocycles. The van der Waals surface area contributed by atoms with Crippen molar-refractivity contribution in [3.8, 4) is 11.5 Å². The monoisotopic (exact) mass is 463 g/mol. The van der Waals surface area contributed by atoms with Crippen molar-refractivity contribution < 1.29 is 23.9 Å². The molecule has 2 aromatic carbocycles. The van der Waals surface area contributed by atoms with Crippen LogP contribution in [-0.2, 0) is 4.74 Å². The summed E-state index contributed by atoms with van der Waals surface area (Å²) in [4.78, 5) is 25.8.